The summed E-state index contributed by atoms with van der Waals surface area (Å²) in [6, 6.07) is 10.1. The van der Waals surface area contributed by atoms with E-state index >= 15 is 0 Å². The van der Waals surface area contributed by atoms with Gasteiger partial charge in [-0.2, -0.15) is 0 Å². The van der Waals surface area contributed by atoms with E-state index in [0.717, 1.165) is 17.5 Å². The minimum atomic E-state index is -1.17. The van der Waals surface area contributed by atoms with Crippen LogP contribution < -0.4 is 21.1 Å². The highest BCUT2D eigenvalue weighted by Gasteiger charge is 2.39. The fraction of sp³-hybridized carbons (Fsp3) is 0.529. The molecule has 2 rings (SSSR count). The van der Waals surface area contributed by atoms with Crippen LogP contribution in [-0.4, -0.2) is 53.5 Å². The number of aryl methyl sites for hydroxylation is 2. The van der Waals surface area contributed by atoms with Crippen molar-refractivity contribution in [2.75, 3.05) is 12.4 Å². The van der Waals surface area contributed by atoms with Gasteiger partial charge >= 0.3 is 6.09 Å². The Morgan fingerprint density at radius 3 is 2.00 bits per heavy atom. The molecule has 10 nitrogen and oxygen atoms in total. The predicted molar refractivity (Wildman–Crippen MR) is 172 cm³/mol. The number of methoxy groups -OCH3 is 1. The topological polar surface area (TPSA) is 140 Å². The number of amides is 4. The summed E-state index contributed by atoms with van der Waals surface area (Å²) >= 11 is 0. The van der Waals surface area contributed by atoms with Gasteiger partial charge in [0, 0.05) is 18.2 Å². The molecule has 0 aliphatic rings. The zero-order valence-electron chi connectivity index (χ0n) is 27.7. The quantitative estimate of drug-likeness (QED) is 0.247. The molecule has 4 amide bonds. The molecular formula is C34H50N4O6. The van der Waals surface area contributed by atoms with Crippen molar-refractivity contribution in [3.8, 4) is 5.75 Å². The van der Waals surface area contributed by atoms with Crippen molar-refractivity contribution in [3.05, 3.63) is 59.2 Å². The molecule has 0 fully saturated rings. The second-order valence-electron chi connectivity index (χ2n) is 12.8. The maximum absolute atomic E-state index is 14.6. The van der Waals surface area contributed by atoms with E-state index in [1.165, 1.54) is 0 Å². The minimum absolute atomic E-state index is 0.0551. The lowest BCUT2D eigenvalue weighted by atomic mass is 9.94. The third-order valence-electron chi connectivity index (χ3n) is 7.00. The standard InChI is InChI=1S/C34H50N4O6/c1-21(2)10-11-24(5)38(32(41)28(16-17-29(35)39)37-33(42)44-34(6,7)8)30(25-19-22(3)18-23(4)20-25)31(40)36-26-12-14-27(43-9)15-13-26/h12-15,18-21,24,28,30H,10-11,16-17H2,1-9H3,(H2,35,39)(H,36,40)(H,37,42). The third-order valence-corrected chi connectivity index (χ3v) is 7.00. The van der Waals surface area contributed by atoms with Gasteiger partial charge in [0.15, 0.2) is 0 Å². The highest BCUT2D eigenvalue weighted by atomic mass is 16.6. The van der Waals surface area contributed by atoms with Gasteiger partial charge in [-0.05, 0) is 96.6 Å². The lowest BCUT2D eigenvalue weighted by Gasteiger charge is -2.39. The number of benzene rings is 2. The van der Waals surface area contributed by atoms with Crippen LogP contribution in [0, 0.1) is 19.8 Å². The maximum atomic E-state index is 14.6. The lowest BCUT2D eigenvalue weighted by Crippen LogP contribution is -2.55. The van der Waals surface area contributed by atoms with Crippen molar-refractivity contribution in [2.45, 2.75) is 105 Å². The first kappa shape index (κ1) is 36.1. The third kappa shape index (κ3) is 11.5. The van der Waals surface area contributed by atoms with Crippen LogP contribution in [0.4, 0.5) is 10.5 Å². The molecule has 3 unspecified atom stereocenters. The maximum Gasteiger partial charge on any atom is 0.408 e. The number of hydrogen-bond donors (Lipinski definition) is 3. The normalized spacial score (nSPS) is 13.4. The van der Waals surface area contributed by atoms with Crippen LogP contribution in [0.15, 0.2) is 42.5 Å². The minimum Gasteiger partial charge on any atom is -0.497 e. The van der Waals surface area contributed by atoms with E-state index < -0.39 is 47.5 Å². The highest BCUT2D eigenvalue weighted by molar-refractivity contribution is 5.99. The van der Waals surface area contributed by atoms with Crippen LogP contribution in [0.2, 0.25) is 0 Å². The molecule has 0 aliphatic carbocycles. The summed E-state index contributed by atoms with van der Waals surface area (Å²) in [5.41, 5.74) is 7.66. The number of nitrogens with one attached hydrogen (secondary N) is 2. The van der Waals surface area contributed by atoms with E-state index in [9.17, 15) is 19.2 Å². The lowest BCUT2D eigenvalue weighted by molar-refractivity contribution is -0.143. The molecule has 10 heteroatoms. The Bertz CT molecular complexity index is 1270. The molecule has 0 bridgehead atoms. The second-order valence-corrected chi connectivity index (χ2v) is 12.8. The van der Waals surface area contributed by atoms with Crippen LogP contribution in [0.25, 0.3) is 0 Å². The van der Waals surface area contributed by atoms with E-state index in [1.807, 2.05) is 39.0 Å². The van der Waals surface area contributed by atoms with Gasteiger partial charge in [-0.3, -0.25) is 14.4 Å². The Morgan fingerprint density at radius 2 is 1.50 bits per heavy atom. The van der Waals surface area contributed by atoms with Crippen LogP contribution in [-0.2, 0) is 19.1 Å². The van der Waals surface area contributed by atoms with Gasteiger partial charge < -0.3 is 30.7 Å². The van der Waals surface area contributed by atoms with Gasteiger partial charge in [0.1, 0.15) is 23.4 Å². The zero-order chi connectivity index (χ0) is 33.2. The molecule has 0 saturated carbocycles. The fourth-order valence-corrected chi connectivity index (χ4v) is 4.98. The second kappa shape index (κ2) is 16.1. The molecule has 0 aromatic heterocycles. The van der Waals surface area contributed by atoms with Gasteiger partial charge in [0.2, 0.25) is 11.8 Å². The molecule has 0 heterocycles. The number of alkyl carbamates (subject to hydrolysis) is 1. The average Bonchev–Trinajstić information content (AvgIpc) is 2.90. The Balaban J connectivity index is 2.68. The van der Waals surface area contributed by atoms with Gasteiger partial charge in [0.25, 0.3) is 5.91 Å². The van der Waals surface area contributed by atoms with Crippen molar-refractivity contribution in [1.29, 1.82) is 0 Å². The molecule has 4 N–H and O–H groups in total. The van der Waals surface area contributed by atoms with Crippen LogP contribution in [0.5, 0.6) is 5.75 Å². The highest BCUT2D eigenvalue weighted by Crippen LogP contribution is 2.31. The van der Waals surface area contributed by atoms with E-state index in [-0.39, 0.29) is 12.8 Å². The number of anilines is 1. The Kier molecular flexibility index (Phi) is 13.2. The van der Waals surface area contributed by atoms with Crippen LogP contribution in [0.1, 0.15) is 90.0 Å². The van der Waals surface area contributed by atoms with Crippen molar-refractivity contribution in [2.24, 2.45) is 11.7 Å². The van der Waals surface area contributed by atoms with E-state index in [0.29, 0.717) is 29.3 Å². The first-order chi connectivity index (χ1) is 20.5. The first-order valence-electron chi connectivity index (χ1n) is 15.1. The van der Waals surface area contributed by atoms with E-state index in [1.54, 1.807) is 57.0 Å². The largest absolute Gasteiger partial charge is 0.497 e. The number of nitrogens with zero attached hydrogens (tertiary/aromatic N) is 1. The zero-order valence-corrected chi connectivity index (χ0v) is 27.7. The van der Waals surface area contributed by atoms with Crippen molar-refractivity contribution in [1.82, 2.24) is 10.2 Å². The number of primary amides is 1. The predicted octanol–water partition coefficient (Wildman–Crippen LogP) is 5.80. The first-order valence-corrected chi connectivity index (χ1v) is 15.1. The van der Waals surface area contributed by atoms with Gasteiger partial charge in [-0.15, -0.1) is 0 Å². The van der Waals surface area contributed by atoms with Gasteiger partial charge in [0.05, 0.1) is 7.11 Å². The van der Waals surface area contributed by atoms with E-state index in [2.05, 4.69) is 24.5 Å². The van der Waals surface area contributed by atoms with Gasteiger partial charge in [-0.1, -0.05) is 43.2 Å². The molecule has 0 radical (unpaired) electrons. The van der Waals surface area contributed by atoms with Crippen LogP contribution in [0.3, 0.4) is 0 Å². The SMILES string of the molecule is COc1ccc(NC(=O)C(c2cc(C)cc(C)c2)N(C(=O)C(CCC(N)=O)NC(=O)OC(C)(C)C)C(C)CCC(C)C)cc1. The average molecular weight is 611 g/mol. The Labute approximate surface area is 262 Å². The number of ether oxygens (including phenoxy) is 2. The molecule has 0 saturated heterocycles. The van der Waals surface area contributed by atoms with Crippen LogP contribution >= 0.6 is 0 Å². The summed E-state index contributed by atoms with van der Waals surface area (Å²) in [5.74, 6) is -0.555. The Hall–Kier alpha value is -4.08. The van der Waals surface area contributed by atoms with Gasteiger partial charge in [-0.25, -0.2) is 4.79 Å². The number of carbonyl (C=O) groups excluding carboxylic acids is 4. The Morgan fingerprint density at radius 1 is 0.909 bits per heavy atom. The monoisotopic (exact) mass is 610 g/mol. The summed E-state index contributed by atoms with van der Waals surface area (Å²) in [5, 5.41) is 5.63. The summed E-state index contributed by atoms with van der Waals surface area (Å²) in [6.45, 7) is 15.1. The van der Waals surface area contributed by atoms with E-state index in [4.69, 9.17) is 15.2 Å². The van der Waals surface area contributed by atoms with Crippen molar-refractivity contribution < 1.29 is 28.7 Å². The molecule has 0 spiro atoms. The molecule has 3 atom stereocenters. The summed E-state index contributed by atoms with van der Waals surface area (Å²) < 4.78 is 10.7. The number of hydrogen-bond acceptors (Lipinski definition) is 6. The summed E-state index contributed by atoms with van der Waals surface area (Å²) in [4.78, 5) is 55.0. The summed E-state index contributed by atoms with van der Waals surface area (Å²) in [7, 11) is 1.56. The number of nitrogens with two attached hydrogens (primary N) is 1. The molecular weight excluding hydrogens is 560 g/mol. The molecule has 2 aromatic rings. The molecule has 242 valence electrons. The molecule has 44 heavy (non-hydrogen) atoms. The molecule has 2 aromatic carbocycles. The van der Waals surface area contributed by atoms with Crippen molar-refractivity contribution in [3.63, 3.8) is 0 Å². The van der Waals surface area contributed by atoms with Crippen molar-refractivity contribution >= 4 is 29.5 Å². The number of rotatable bonds is 14. The fourth-order valence-electron chi connectivity index (χ4n) is 4.98. The smallest absolute Gasteiger partial charge is 0.408 e. The molecule has 0 aliphatic heterocycles. The summed E-state index contributed by atoms with van der Waals surface area (Å²) in [6.07, 6.45) is 0.402. The number of carbonyl (C=O) groups is 4.